The fraction of sp³-hybridized carbons (Fsp3) is 0.800. The molecule has 0 radical (unpaired) electrons. The van der Waals surface area contributed by atoms with Gasteiger partial charge >= 0.3 is 21.5 Å². The van der Waals surface area contributed by atoms with Crippen LogP contribution < -0.4 is 4.72 Å². The van der Waals surface area contributed by atoms with Gasteiger partial charge in [-0.2, -0.15) is 13.2 Å². The summed E-state index contributed by atoms with van der Waals surface area (Å²) < 4.78 is 67.4. The fourth-order valence-corrected chi connectivity index (χ4v) is 4.73. The standard InChI is InChI=1S/C15H20F3NO4S/c16-15(17,18)24(21,22)19-12-3-1-2-4-13(12)23-14(20)11-8-9-5-6-10(11)7-9/h5-6,9-13,19H,1-4,7-8H2. The number of rotatable bonds is 4. The van der Waals surface area contributed by atoms with E-state index >= 15 is 0 Å². The van der Waals surface area contributed by atoms with Gasteiger partial charge in [0, 0.05) is 0 Å². The molecule has 0 aromatic heterocycles. The van der Waals surface area contributed by atoms with E-state index in [1.807, 2.05) is 6.08 Å². The molecular formula is C15H20F3NO4S. The van der Waals surface area contributed by atoms with Crippen molar-refractivity contribution in [2.24, 2.45) is 17.8 Å². The molecule has 5 atom stereocenters. The van der Waals surface area contributed by atoms with Crippen LogP contribution in [-0.4, -0.2) is 32.0 Å². The average molecular weight is 367 g/mol. The minimum atomic E-state index is -5.45. The fourth-order valence-electron chi connectivity index (χ4n) is 3.93. The molecule has 5 unspecified atom stereocenters. The molecule has 0 amide bonds. The highest BCUT2D eigenvalue weighted by Crippen LogP contribution is 2.44. The minimum absolute atomic E-state index is 0.136. The lowest BCUT2D eigenvalue weighted by Gasteiger charge is -2.32. The van der Waals surface area contributed by atoms with Gasteiger partial charge in [0.25, 0.3) is 0 Å². The molecule has 5 nitrogen and oxygen atoms in total. The Balaban J connectivity index is 1.64. The van der Waals surface area contributed by atoms with E-state index in [1.54, 1.807) is 4.72 Å². The number of esters is 1. The number of fused-ring (bicyclic) bond motifs is 2. The molecule has 0 aromatic carbocycles. The van der Waals surface area contributed by atoms with E-state index in [0.29, 0.717) is 31.6 Å². The summed E-state index contributed by atoms with van der Waals surface area (Å²) in [5, 5.41) is 0. The third-order valence-corrected chi connectivity index (χ3v) is 6.39. The second-order valence-electron chi connectivity index (χ2n) is 6.82. The summed E-state index contributed by atoms with van der Waals surface area (Å²) in [4.78, 5) is 12.4. The largest absolute Gasteiger partial charge is 0.511 e. The summed E-state index contributed by atoms with van der Waals surface area (Å²) in [6.45, 7) is 0. The molecule has 0 spiro atoms. The Bertz CT molecular complexity index is 631. The third kappa shape index (κ3) is 3.46. The number of hydrogen-bond donors (Lipinski definition) is 1. The Morgan fingerprint density at radius 1 is 1.12 bits per heavy atom. The summed E-state index contributed by atoms with van der Waals surface area (Å²) in [5.41, 5.74) is -5.37. The molecule has 0 aliphatic heterocycles. The molecule has 3 aliphatic carbocycles. The number of hydrogen-bond acceptors (Lipinski definition) is 4. The van der Waals surface area contributed by atoms with Crippen molar-refractivity contribution in [3.05, 3.63) is 12.2 Å². The van der Waals surface area contributed by atoms with Gasteiger partial charge in [0.15, 0.2) is 0 Å². The maximum atomic E-state index is 12.6. The second-order valence-corrected chi connectivity index (χ2v) is 8.53. The molecule has 24 heavy (non-hydrogen) atoms. The summed E-state index contributed by atoms with van der Waals surface area (Å²) in [6, 6.07) is -1.02. The lowest BCUT2D eigenvalue weighted by Crippen LogP contribution is -2.51. The monoisotopic (exact) mass is 367 g/mol. The van der Waals surface area contributed by atoms with Gasteiger partial charge in [-0.15, -0.1) is 0 Å². The zero-order valence-corrected chi connectivity index (χ0v) is 13.8. The summed E-state index contributed by atoms with van der Waals surface area (Å²) in [6.07, 6.45) is 6.72. The molecule has 136 valence electrons. The number of carbonyl (C=O) groups excluding carboxylic acids is 1. The minimum Gasteiger partial charge on any atom is -0.460 e. The van der Waals surface area contributed by atoms with Gasteiger partial charge in [-0.3, -0.25) is 4.79 Å². The first-order valence-electron chi connectivity index (χ1n) is 8.15. The van der Waals surface area contributed by atoms with Crippen molar-refractivity contribution in [3.8, 4) is 0 Å². The lowest BCUT2D eigenvalue weighted by atomic mass is 9.91. The highest BCUT2D eigenvalue weighted by molar-refractivity contribution is 7.90. The van der Waals surface area contributed by atoms with Crippen molar-refractivity contribution in [2.75, 3.05) is 0 Å². The van der Waals surface area contributed by atoms with Gasteiger partial charge in [0.1, 0.15) is 6.10 Å². The number of carbonyl (C=O) groups is 1. The van der Waals surface area contributed by atoms with Crippen LogP contribution >= 0.6 is 0 Å². The highest BCUT2D eigenvalue weighted by Gasteiger charge is 2.49. The second kappa shape index (κ2) is 6.33. The van der Waals surface area contributed by atoms with Crippen LogP contribution in [0.1, 0.15) is 38.5 Å². The van der Waals surface area contributed by atoms with E-state index in [0.717, 1.165) is 6.42 Å². The molecule has 0 aromatic rings. The molecule has 0 heterocycles. The number of ether oxygens (including phenoxy) is 1. The molecule has 3 aliphatic rings. The Morgan fingerprint density at radius 3 is 2.42 bits per heavy atom. The number of nitrogens with one attached hydrogen (secondary N) is 1. The zero-order chi connectivity index (χ0) is 17.5. The molecule has 3 rings (SSSR count). The summed E-state index contributed by atoms with van der Waals surface area (Å²) in [5.74, 6) is -0.174. The smallest absolute Gasteiger partial charge is 0.460 e. The first-order valence-corrected chi connectivity index (χ1v) is 9.63. The Hall–Kier alpha value is -1.09. The van der Waals surface area contributed by atoms with E-state index in [2.05, 4.69) is 6.08 Å². The lowest BCUT2D eigenvalue weighted by molar-refractivity contribution is -0.157. The van der Waals surface area contributed by atoms with E-state index in [4.69, 9.17) is 4.74 Å². The molecule has 2 fully saturated rings. The Kier molecular flexibility index (Phi) is 4.67. The maximum absolute atomic E-state index is 12.6. The molecule has 1 N–H and O–H groups in total. The van der Waals surface area contributed by atoms with Gasteiger partial charge in [0.05, 0.1) is 12.0 Å². The van der Waals surface area contributed by atoms with Crippen molar-refractivity contribution < 1.29 is 31.1 Å². The van der Waals surface area contributed by atoms with Crippen LogP contribution in [0.2, 0.25) is 0 Å². The predicted octanol–water partition coefficient (Wildman–Crippen LogP) is 2.49. The van der Waals surface area contributed by atoms with Crippen LogP contribution in [0.25, 0.3) is 0 Å². The zero-order valence-electron chi connectivity index (χ0n) is 13.0. The van der Waals surface area contributed by atoms with Crippen molar-refractivity contribution >= 4 is 16.0 Å². The quantitative estimate of drug-likeness (QED) is 0.612. The molecule has 0 saturated heterocycles. The van der Waals surface area contributed by atoms with Crippen LogP contribution in [0.4, 0.5) is 13.2 Å². The van der Waals surface area contributed by atoms with Crippen molar-refractivity contribution in [3.63, 3.8) is 0 Å². The van der Waals surface area contributed by atoms with Crippen LogP contribution in [0.5, 0.6) is 0 Å². The normalized spacial score (nSPS) is 36.0. The molecule has 2 bridgehead atoms. The first-order chi connectivity index (χ1) is 11.2. The maximum Gasteiger partial charge on any atom is 0.511 e. The van der Waals surface area contributed by atoms with Gasteiger partial charge in [-0.1, -0.05) is 18.6 Å². The van der Waals surface area contributed by atoms with Gasteiger partial charge < -0.3 is 4.74 Å². The van der Waals surface area contributed by atoms with Gasteiger partial charge in [-0.05, 0) is 43.9 Å². The number of sulfonamides is 1. The van der Waals surface area contributed by atoms with E-state index in [9.17, 15) is 26.4 Å². The number of allylic oxidation sites excluding steroid dienone is 2. The SMILES string of the molecule is O=C(OC1CCCCC1NS(=O)(=O)C(F)(F)F)C1CC2C=CC1C2. The third-order valence-electron chi connectivity index (χ3n) is 5.16. The van der Waals surface area contributed by atoms with Crippen molar-refractivity contribution in [1.29, 1.82) is 0 Å². The van der Waals surface area contributed by atoms with Crippen molar-refractivity contribution in [1.82, 2.24) is 4.72 Å². The van der Waals surface area contributed by atoms with E-state index in [1.165, 1.54) is 0 Å². The van der Waals surface area contributed by atoms with E-state index < -0.39 is 33.6 Å². The van der Waals surface area contributed by atoms with Crippen LogP contribution in [0, 0.1) is 17.8 Å². The number of alkyl halides is 3. The van der Waals surface area contributed by atoms with Crippen molar-refractivity contribution in [2.45, 2.75) is 56.2 Å². The Labute approximate surface area is 138 Å². The molecular weight excluding hydrogens is 347 g/mol. The molecule has 2 saturated carbocycles. The number of halogens is 3. The summed E-state index contributed by atoms with van der Waals surface area (Å²) >= 11 is 0. The predicted molar refractivity (Wildman–Crippen MR) is 79.1 cm³/mol. The first kappa shape index (κ1) is 17.7. The average Bonchev–Trinajstić information content (AvgIpc) is 3.10. The van der Waals surface area contributed by atoms with Gasteiger partial charge in [0.2, 0.25) is 0 Å². The van der Waals surface area contributed by atoms with Crippen LogP contribution in [0.15, 0.2) is 12.2 Å². The Morgan fingerprint density at radius 2 is 1.83 bits per heavy atom. The molecule has 9 heteroatoms. The van der Waals surface area contributed by atoms with E-state index in [-0.39, 0.29) is 18.3 Å². The van der Waals surface area contributed by atoms with Gasteiger partial charge in [-0.25, -0.2) is 13.1 Å². The van der Waals surface area contributed by atoms with Crippen LogP contribution in [0.3, 0.4) is 0 Å². The van der Waals surface area contributed by atoms with Crippen LogP contribution in [-0.2, 0) is 19.6 Å². The highest BCUT2D eigenvalue weighted by atomic mass is 32.2. The topological polar surface area (TPSA) is 72.5 Å². The summed E-state index contributed by atoms with van der Waals surface area (Å²) in [7, 11) is -5.45.